The molecule has 0 unspecified atom stereocenters. The van der Waals surface area contributed by atoms with E-state index in [1.165, 1.54) is 11.1 Å². The number of hydrogen-bond donors (Lipinski definition) is 1. The maximum atomic E-state index is 11.0. The Balaban J connectivity index is 2.34. The number of aryl methyl sites for hydroxylation is 1. The molecule has 1 aromatic rings. The molecule has 0 aliphatic rings. The average Bonchev–Trinajstić information content (AvgIpc) is 2.35. The smallest absolute Gasteiger partial charge is 0.309 e. The monoisotopic (exact) mass is 263 g/mol. The molecule has 0 fully saturated rings. The van der Waals surface area contributed by atoms with E-state index >= 15 is 0 Å². The Morgan fingerprint density at radius 3 is 2.32 bits per heavy atom. The minimum absolute atomic E-state index is 0.641. The number of carbonyl (C=O) groups is 1. The first-order chi connectivity index (χ1) is 8.81. The second-order valence-electron chi connectivity index (χ2n) is 5.98. The lowest BCUT2D eigenvalue weighted by Crippen LogP contribution is -2.31. The molecular weight excluding hydrogens is 238 g/mol. The summed E-state index contributed by atoms with van der Waals surface area (Å²) >= 11 is 0. The lowest BCUT2D eigenvalue weighted by atomic mass is 9.89. The van der Waals surface area contributed by atoms with E-state index in [2.05, 4.69) is 36.1 Å². The van der Waals surface area contributed by atoms with Gasteiger partial charge in [0.2, 0.25) is 0 Å². The molecule has 0 saturated heterocycles. The van der Waals surface area contributed by atoms with Crippen LogP contribution in [0.2, 0.25) is 0 Å². The molecule has 1 rings (SSSR count). The van der Waals surface area contributed by atoms with Gasteiger partial charge >= 0.3 is 5.97 Å². The van der Waals surface area contributed by atoms with E-state index in [9.17, 15) is 4.79 Å². The molecule has 0 aromatic heterocycles. The Hall–Kier alpha value is -1.35. The third-order valence-electron chi connectivity index (χ3n) is 3.60. The second kappa shape index (κ2) is 6.71. The zero-order valence-corrected chi connectivity index (χ0v) is 12.4. The lowest BCUT2D eigenvalue weighted by molar-refractivity contribution is -0.147. The van der Waals surface area contributed by atoms with Crippen LogP contribution in [0.4, 0.5) is 0 Å². The van der Waals surface area contributed by atoms with Crippen LogP contribution in [0, 0.1) is 12.3 Å². The predicted octanol–water partition coefficient (Wildman–Crippen LogP) is 2.97. The Kier molecular flexibility index (Phi) is 5.55. The molecule has 0 amide bonds. The van der Waals surface area contributed by atoms with Crippen LogP contribution >= 0.6 is 0 Å². The summed E-state index contributed by atoms with van der Waals surface area (Å²) in [6.07, 6.45) is 1.68. The van der Waals surface area contributed by atoms with Crippen LogP contribution in [0.1, 0.15) is 31.4 Å². The summed E-state index contributed by atoms with van der Waals surface area (Å²) in [6, 6.07) is 8.57. The van der Waals surface area contributed by atoms with Crippen LogP contribution in [-0.2, 0) is 11.2 Å². The van der Waals surface area contributed by atoms with Crippen molar-refractivity contribution in [1.29, 1.82) is 0 Å². The van der Waals surface area contributed by atoms with Crippen molar-refractivity contribution < 1.29 is 9.90 Å². The van der Waals surface area contributed by atoms with Gasteiger partial charge in [-0.05, 0) is 52.8 Å². The molecule has 0 atom stereocenters. The highest BCUT2D eigenvalue weighted by Crippen LogP contribution is 2.20. The highest BCUT2D eigenvalue weighted by molar-refractivity contribution is 5.73. The first-order valence-electron chi connectivity index (χ1n) is 6.79. The lowest BCUT2D eigenvalue weighted by Gasteiger charge is -2.23. The van der Waals surface area contributed by atoms with E-state index in [0.29, 0.717) is 6.42 Å². The summed E-state index contributed by atoms with van der Waals surface area (Å²) in [6.45, 7) is 7.42. The number of rotatable bonds is 7. The quantitative estimate of drug-likeness (QED) is 0.822. The SMILES string of the molecule is Cc1ccc(CCN(C)CCC(C)(C)C(=O)O)cc1. The Morgan fingerprint density at radius 2 is 1.79 bits per heavy atom. The number of hydrogen-bond acceptors (Lipinski definition) is 2. The van der Waals surface area contributed by atoms with Crippen molar-refractivity contribution in [2.24, 2.45) is 5.41 Å². The summed E-state index contributed by atoms with van der Waals surface area (Å²) in [5, 5.41) is 9.07. The average molecular weight is 263 g/mol. The van der Waals surface area contributed by atoms with Crippen molar-refractivity contribution in [3.8, 4) is 0 Å². The van der Waals surface area contributed by atoms with E-state index in [0.717, 1.165) is 19.5 Å². The number of nitrogens with zero attached hydrogens (tertiary/aromatic N) is 1. The molecular formula is C16H25NO2. The van der Waals surface area contributed by atoms with Crippen LogP contribution in [0.15, 0.2) is 24.3 Å². The van der Waals surface area contributed by atoms with E-state index in [1.54, 1.807) is 13.8 Å². The summed E-state index contributed by atoms with van der Waals surface area (Å²) in [5.41, 5.74) is 1.97. The van der Waals surface area contributed by atoms with Crippen molar-refractivity contribution in [1.82, 2.24) is 4.90 Å². The number of carboxylic acid groups (broad SMARTS) is 1. The second-order valence-corrected chi connectivity index (χ2v) is 5.98. The van der Waals surface area contributed by atoms with Crippen molar-refractivity contribution in [2.45, 2.75) is 33.6 Å². The van der Waals surface area contributed by atoms with Gasteiger partial charge in [-0.3, -0.25) is 4.79 Å². The van der Waals surface area contributed by atoms with Crippen molar-refractivity contribution in [3.05, 3.63) is 35.4 Å². The largest absolute Gasteiger partial charge is 0.481 e. The Labute approximate surface area is 116 Å². The number of benzene rings is 1. The van der Waals surface area contributed by atoms with Crippen LogP contribution in [0.3, 0.4) is 0 Å². The van der Waals surface area contributed by atoms with Gasteiger partial charge in [-0.25, -0.2) is 0 Å². The molecule has 0 aliphatic heterocycles. The molecule has 1 aromatic carbocycles. The number of carboxylic acids is 1. The third-order valence-corrected chi connectivity index (χ3v) is 3.60. The molecule has 3 nitrogen and oxygen atoms in total. The first-order valence-corrected chi connectivity index (χ1v) is 6.79. The first kappa shape index (κ1) is 15.7. The summed E-state index contributed by atoms with van der Waals surface area (Å²) in [7, 11) is 2.05. The summed E-state index contributed by atoms with van der Waals surface area (Å²) < 4.78 is 0. The van der Waals surface area contributed by atoms with Crippen molar-refractivity contribution >= 4 is 5.97 Å². The minimum Gasteiger partial charge on any atom is -0.481 e. The zero-order valence-electron chi connectivity index (χ0n) is 12.4. The normalized spacial score (nSPS) is 11.8. The van der Waals surface area contributed by atoms with Gasteiger partial charge in [-0.2, -0.15) is 0 Å². The van der Waals surface area contributed by atoms with E-state index in [4.69, 9.17) is 5.11 Å². The van der Waals surface area contributed by atoms with Crippen LogP contribution < -0.4 is 0 Å². The molecule has 3 heteroatoms. The van der Waals surface area contributed by atoms with E-state index < -0.39 is 11.4 Å². The Morgan fingerprint density at radius 1 is 1.21 bits per heavy atom. The van der Waals surface area contributed by atoms with E-state index in [1.807, 2.05) is 7.05 Å². The molecule has 0 radical (unpaired) electrons. The molecule has 106 valence electrons. The standard InChI is InChI=1S/C16H25NO2/c1-13-5-7-14(8-6-13)9-11-17(4)12-10-16(2,3)15(18)19/h5-8H,9-12H2,1-4H3,(H,18,19). The molecule has 0 aliphatic carbocycles. The topological polar surface area (TPSA) is 40.5 Å². The van der Waals surface area contributed by atoms with Gasteiger partial charge in [0.15, 0.2) is 0 Å². The summed E-state index contributed by atoms with van der Waals surface area (Å²) in [4.78, 5) is 13.2. The molecule has 1 N–H and O–H groups in total. The predicted molar refractivity (Wildman–Crippen MR) is 78.4 cm³/mol. The van der Waals surface area contributed by atoms with Crippen LogP contribution in [0.5, 0.6) is 0 Å². The van der Waals surface area contributed by atoms with E-state index in [-0.39, 0.29) is 0 Å². The molecule has 19 heavy (non-hydrogen) atoms. The fourth-order valence-electron chi connectivity index (χ4n) is 1.76. The van der Waals surface area contributed by atoms with Gasteiger partial charge < -0.3 is 10.0 Å². The third kappa shape index (κ3) is 5.43. The summed E-state index contributed by atoms with van der Waals surface area (Å²) in [5.74, 6) is -0.723. The fraction of sp³-hybridized carbons (Fsp3) is 0.562. The maximum Gasteiger partial charge on any atom is 0.309 e. The molecule has 0 saturated carbocycles. The minimum atomic E-state index is -0.723. The van der Waals surface area contributed by atoms with Crippen molar-refractivity contribution in [2.75, 3.05) is 20.1 Å². The van der Waals surface area contributed by atoms with Crippen molar-refractivity contribution in [3.63, 3.8) is 0 Å². The number of likely N-dealkylation sites (N-methyl/N-ethyl adjacent to an activating group) is 1. The Bertz CT molecular complexity index is 409. The number of aliphatic carboxylic acids is 1. The maximum absolute atomic E-state index is 11.0. The van der Waals surface area contributed by atoms with Gasteiger partial charge in [0.1, 0.15) is 0 Å². The highest BCUT2D eigenvalue weighted by atomic mass is 16.4. The molecule has 0 spiro atoms. The highest BCUT2D eigenvalue weighted by Gasteiger charge is 2.26. The van der Waals surface area contributed by atoms with Gasteiger partial charge in [0, 0.05) is 6.54 Å². The zero-order chi connectivity index (χ0) is 14.5. The van der Waals surface area contributed by atoms with Gasteiger partial charge in [-0.15, -0.1) is 0 Å². The van der Waals surface area contributed by atoms with Crippen LogP contribution in [-0.4, -0.2) is 36.1 Å². The fourth-order valence-corrected chi connectivity index (χ4v) is 1.76. The van der Waals surface area contributed by atoms with Gasteiger partial charge in [-0.1, -0.05) is 29.8 Å². The van der Waals surface area contributed by atoms with Gasteiger partial charge in [0.05, 0.1) is 5.41 Å². The molecule has 0 heterocycles. The molecule has 0 bridgehead atoms. The van der Waals surface area contributed by atoms with Crippen LogP contribution in [0.25, 0.3) is 0 Å². The van der Waals surface area contributed by atoms with Gasteiger partial charge in [0.25, 0.3) is 0 Å².